The quantitative estimate of drug-likeness (QED) is 0.542. The maximum Gasteiger partial charge on any atom is 0.416 e. The third-order valence-electron chi connectivity index (χ3n) is 7.92. The average molecular weight is 538 g/mol. The molecular weight excluding hydrogens is 505 g/mol. The molecule has 0 saturated carbocycles. The number of hydrogen-bond donors (Lipinski definition) is 1. The normalized spacial score (nSPS) is 20.7. The van der Waals surface area contributed by atoms with Crippen molar-refractivity contribution in [2.75, 3.05) is 33.2 Å². The summed E-state index contributed by atoms with van der Waals surface area (Å²) in [7, 11) is 2.04. The van der Waals surface area contributed by atoms with Gasteiger partial charge in [0.05, 0.1) is 11.1 Å². The number of nitrogens with zero attached hydrogens (tertiary/aromatic N) is 2. The lowest BCUT2D eigenvalue weighted by molar-refractivity contribution is -0.138. The van der Waals surface area contributed by atoms with Crippen molar-refractivity contribution in [3.05, 3.63) is 70.8 Å². The van der Waals surface area contributed by atoms with Gasteiger partial charge in [-0.1, -0.05) is 26.0 Å². The van der Waals surface area contributed by atoms with Crippen molar-refractivity contribution in [2.45, 2.75) is 44.8 Å². The van der Waals surface area contributed by atoms with E-state index in [2.05, 4.69) is 10.2 Å². The lowest BCUT2D eigenvalue weighted by Crippen LogP contribution is -2.54. The molecule has 0 radical (unpaired) electrons. The maximum absolute atomic E-state index is 14.3. The molecule has 2 aromatic carbocycles. The van der Waals surface area contributed by atoms with Crippen molar-refractivity contribution in [2.24, 2.45) is 11.3 Å². The fraction of sp³-hybridized carbons (Fsp3) is 0.500. The van der Waals surface area contributed by atoms with Crippen LogP contribution in [0.4, 0.5) is 22.0 Å². The molecule has 0 aliphatic carbocycles. The van der Waals surface area contributed by atoms with Crippen LogP contribution in [0.25, 0.3) is 0 Å². The molecule has 2 amide bonds. The van der Waals surface area contributed by atoms with Crippen molar-refractivity contribution in [1.82, 2.24) is 15.1 Å². The van der Waals surface area contributed by atoms with E-state index in [0.717, 1.165) is 18.7 Å². The number of halogens is 5. The monoisotopic (exact) mass is 537 g/mol. The van der Waals surface area contributed by atoms with Gasteiger partial charge in [0.25, 0.3) is 5.91 Å². The second-order valence-electron chi connectivity index (χ2n) is 10.9. The van der Waals surface area contributed by atoms with Crippen molar-refractivity contribution in [3.8, 4) is 0 Å². The van der Waals surface area contributed by atoms with E-state index in [-0.39, 0.29) is 29.0 Å². The molecule has 2 heterocycles. The number of alkyl halides is 3. The summed E-state index contributed by atoms with van der Waals surface area (Å²) in [5, 5.41) is 2.48. The lowest BCUT2D eigenvalue weighted by Gasteiger charge is -2.44. The predicted octanol–water partition coefficient (Wildman–Crippen LogP) is 5.08. The second-order valence-corrected chi connectivity index (χ2v) is 10.9. The molecule has 10 heteroatoms. The number of likely N-dealkylation sites (tertiary alicyclic amines) is 2. The number of likely N-dealkylation sites (N-methyl/N-ethyl adjacent to an activating group) is 1. The van der Waals surface area contributed by atoms with Crippen LogP contribution in [-0.2, 0) is 11.0 Å². The van der Waals surface area contributed by atoms with Crippen LogP contribution < -0.4 is 5.32 Å². The molecular formula is C28H32F5N3O2. The molecule has 1 unspecified atom stereocenters. The van der Waals surface area contributed by atoms with Crippen LogP contribution in [0.15, 0.2) is 42.5 Å². The van der Waals surface area contributed by atoms with E-state index in [1.807, 2.05) is 19.2 Å². The molecule has 2 saturated heterocycles. The summed E-state index contributed by atoms with van der Waals surface area (Å²) in [6.07, 6.45) is -3.31. The molecule has 0 aromatic heterocycles. The van der Waals surface area contributed by atoms with Crippen molar-refractivity contribution < 1.29 is 31.5 Å². The van der Waals surface area contributed by atoms with Gasteiger partial charge in [0.1, 0.15) is 17.7 Å². The molecule has 4 rings (SSSR count). The van der Waals surface area contributed by atoms with Gasteiger partial charge in [-0.3, -0.25) is 9.59 Å². The molecule has 2 atom stereocenters. The minimum Gasteiger partial charge on any atom is -0.341 e. The summed E-state index contributed by atoms with van der Waals surface area (Å²) in [6.45, 7) is 5.99. The Morgan fingerprint density at radius 3 is 2.24 bits per heavy atom. The number of benzene rings is 2. The number of piperidine rings is 1. The Morgan fingerprint density at radius 2 is 1.66 bits per heavy atom. The summed E-state index contributed by atoms with van der Waals surface area (Å²) in [6, 6.07) is 7.16. The van der Waals surface area contributed by atoms with Gasteiger partial charge >= 0.3 is 6.18 Å². The predicted molar refractivity (Wildman–Crippen MR) is 132 cm³/mol. The molecule has 0 bridgehead atoms. The first-order valence-corrected chi connectivity index (χ1v) is 12.7. The van der Waals surface area contributed by atoms with Gasteiger partial charge in [-0.15, -0.1) is 0 Å². The Hall–Kier alpha value is -3.01. The Morgan fingerprint density at radius 1 is 1.03 bits per heavy atom. The Balaban J connectivity index is 1.47. The number of nitrogens with one attached hydrogen (secondary N) is 1. The van der Waals surface area contributed by atoms with Crippen LogP contribution in [0.3, 0.4) is 0 Å². The van der Waals surface area contributed by atoms with Crippen LogP contribution in [-0.4, -0.2) is 60.9 Å². The average Bonchev–Trinajstić information content (AvgIpc) is 3.17. The van der Waals surface area contributed by atoms with Crippen molar-refractivity contribution in [1.29, 1.82) is 0 Å². The van der Waals surface area contributed by atoms with Gasteiger partial charge in [0.15, 0.2) is 0 Å². The molecule has 206 valence electrons. The highest BCUT2D eigenvalue weighted by Gasteiger charge is 2.48. The summed E-state index contributed by atoms with van der Waals surface area (Å²) in [4.78, 5) is 30.2. The minimum absolute atomic E-state index is 0.0822. The zero-order valence-electron chi connectivity index (χ0n) is 21.6. The topological polar surface area (TPSA) is 52.7 Å². The first kappa shape index (κ1) is 28.0. The zero-order chi connectivity index (χ0) is 27.8. The summed E-state index contributed by atoms with van der Waals surface area (Å²) >= 11 is 0. The van der Waals surface area contributed by atoms with E-state index in [4.69, 9.17) is 0 Å². The van der Waals surface area contributed by atoms with Gasteiger partial charge in [0, 0.05) is 32.1 Å². The van der Waals surface area contributed by atoms with E-state index in [1.165, 1.54) is 12.1 Å². The van der Waals surface area contributed by atoms with E-state index in [9.17, 15) is 31.5 Å². The van der Waals surface area contributed by atoms with Gasteiger partial charge < -0.3 is 15.1 Å². The third-order valence-corrected chi connectivity index (χ3v) is 7.92. The maximum atomic E-state index is 14.3. The fourth-order valence-electron chi connectivity index (χ4n) is 5.86. The number of amides is 2. The highest BCUT2D eigenvalue weighted by molar-refractivity contribution is 5.98. The number of carbonyl (C=O) groups excluding carboxylic acids is 2. The largest absolute Gasteiger partial charge is 0.416 e. The summed E-state index contributed by atoms with van der Waals surface area (Å²) in [5.41, 5.74) is -0.922. The molecule has 1 N–H and O–H groups in total. The van der Waals surface area contributed by atoms with Gasteiger partial charge in [0.2, 0.25) is 5.91 Å². The molecule has 2 fully saturated rings. The van der Waals surface area contributed by atoms with E-state index in [1.54, 1.807) is 18.7 Å². The molecule has 5 nitrogen and oxygen atoms in total. The van der Waals surface area contributed by atoms with E-state index < -0.39 is 35.1 Å². The molecule has 2 aliphatic rings. The third kappa shape index (κ3) is 5.70. The molecule has 2 aromatic rings. The number of hydrogen-bond acceptors (Lipinski definition) is 3. The summed E-state index contributed by atoms with van der Waals surface area (Å²) < 4.78 is 67.1. The van der Waals surface area contributed by atoms with Crippen LogP contribution in [0, 0.1) is 23.0 Å². The molecule has 1 spiro atoms. The van der Waals surface area contributed by atoms with Crippen molar-refractivity contribution >= 4 is 11.8 Å². The number of rotatable bonds is 5. The van der Waals surface area contributed by atoms with Crippen LogP contribution in [0.2, 0.25) is 0 Å². The fourth-order valence-corrected chi connectivity index (χ4v) is 5.86. The van der Waals surface area contributed by atoms with E-state index in [0.29, 0.717) is 44.1 Å². The second kappa shape index (κ2) is 10.6. The van der Waals surface area contributed by atoms with Crippen LogP contribution in [0.5, 0.6) is 0 Å². The highest BCUT2D eigenvalue weighted by Crippen LogP contribution is 2.49. The smallest absolute Gasteiger partial charge is 0.341 e. The number of carbonyl (C=O) groups is 2. The van der Waals surface area contributed by atoms with Crippen LogP contribution >= 0.6 is 0 Å². The van der Waals surface area contributed by atoms with Crippen molar-refractivity contribution in [3.63, 3.8) is 0 Å². The molecule has 2 aliphatic heterocycles. The first-order chi connectivity index (χ1) is 17.8. The van der Waals surface area contributed by atoms with Gasteiger partial charge in [-0.2, -0.15) is 13.2 Å². The Kier molecular flexibility index (Phi) is 7.84. The summed E-state index contributed by atoms with van der Waals surface area (Å²) in [5.74, 6) is -2.98. The van der Waals surface area contributed by atoms with Gasteiger partial charge in [-0.05, 0) is 67.1 Å². The SMILES string of the molecule is CC(C)[C@@H](NC(=O)c1cc(C(F)(F)F)ccc1F)C(=O)N1CCC2(CC1)CN(C)CC2c1ccc(F)cc1. The lowest BCUT2D eigenvalue weighted by atomic mass is 9.68. The Labute approximate surface area is 219 Å². The first-order valence-electron chi connectivity index (χ1n) is 12.7. The van der Waals surface area contributed by atoms with Crippen LogP contribution in [0.1, 0.15) is 54.1 Å². The van der Waals surface area contributed by atoms with Gasteiger partial charge in [-0.25, -0.2) is 8.78 Å². The van der Waals surface area contributed by atoms with E-state index >= 15 is 0 Å². The standard InChI is InChI=1S/C28H32F5N3O2/c1-17(2)24(34-25(37)21-14-19(28(31,32)33)6-9-23(21)30)26(38)36-12-10-27(11-13-36)16-35(3)15-22(27)18-4-7-20(29)8-5-18/h4-9,14,17,22,24H,10-13,15-16H2,1-3H3,(H,34,37)/t22?,24-/m1/s1. The zero-order valence-corrected chi connectivity index (χ0v) is 21.6. The highest BCUT2D eigenvalue weighted by atomic mass is 19.4. The Bertz CT molecular complexity index is 1170. The minimum atomic E-state index is -4.74. The molecule has 38 heavy (non-hydrogen) atoms.